The molecule has 0 saturated heterocycles. The monoisotopic (exact) mass is 326 g/mol. The summed E-state index contributed by atoms with van der Waals surface area (Å²) in [7, 11) is 0. The molecule has 0 bridgehead atoms. The maximum Gasteiger partial charge on any atom is 0.336 e. The van der Waals surface area contributed by atoms with E-state index in [1.165, 1.54) is 24.3 Å². The van der Waals surface area contributed by atoms with Crippen LogP contribution >= 0.6 is 34.0 Å². The molecule has 0 fully saturated rings. The summed E-state index contributed by atoms with van der Waals surface area (Å²) in [4.78, 5) is 20.9. The number of aromatic carboxylic acids is 2. The smallest absolute Gasteiger partial charge is 0.336 e. The molecule has 2 N–H and O–H groups in total. The summed E-state index contributed by atoms with van der Waals surface area (Å²) in [6.45, 7) is 0. The number of hydrogen-bond acceptors (Lipinski definition) is 2. The number of hydrogen-bond donors (Lipinski definition) is 2. The highest BCUT2D eigenvalue weighted by atomic mass is 79.9. The first-order valence-electron chi connectivity index (χ1n) is 3.18. The largest absolute Gasteiger partial charge is 0.478 e. The Balaban J connectivity index is 0. The van der Waals surface area contributed by atoms with Crippen LogP contribution in [0.1, 0.15) is 20.7 Å². The number of carbonyl (C=O) groups is 2. The minimum atomic E-state index is -1.23. The molecule has 0 atom stereocenters. The lowest BCUT2D eigenvalue weighted by molar-refractivity contribution is 0.0651. The van der Waals surface area contributed by atoms with Crippen LogP contribution in [-0.2, 0) is 0 Å². The molecule has 78 valence electrons. The summed E-state index contributed by atoms with van der Waals surface area (Å²) in [6.07, 6.45) is 0. The quantitative estimate of drug-likeness (QED) is 0.873. The molecule has 1 aromatic rings. The number of halogens is 2. The van der Waals surface area contributed by atoms with E-state index < -0.39 is 11.9 Å². The van der Waals surface area contributed by atoms with Gasteiger partial charge in [0.25, 0.3) is 0 Å². The molecule has 1 rings (SSSR count). The Morgan fingerprint density at radius 1 is 0.857 bits per heavy atom. The highest BCUT2D eigenvalue weighted by molar-refractivity contribution is 8.93. The van der Waals surface area contributed by atoms with E-state index in [9.17, 15) is 9.59 Å². The second kappa shape index (κ2) is 6.56. The first kappa shape index (κ1) is 15.6. The van der Waals surface area contributed by atoms with E-state index in [2.05, 4.69) is 0 Å². The predicted molar refractivity (Wildman–Crippen MR) is 61.0 cm³/mol. The van der Waals surface area contributed by atoms with Gasteiger partial charge in [-0.2, -0.15) is 0 Å². The number of carboxylic acids is 2. The van der Waals surface area contributed by atoms with Crippen LogP contribution in [0.4, 0.5) is 0 Å². The van der Waals surface area contributed by atoms with Gasteiger partial charge >= 0.3 is 11.9 Å². The SMILES string of the molecule is Br.Br.O=C(O)c1ccccc1C(=O)O. The van der Waals surface area contributed by atoms with E-state index in [1.54, 1.807) is 0 Å². The maximum absolute atomic E-state index is 10.5. The van der Waals surface area contributed by atoms with Gasteiger partial charge < -0.3 is 10.2 Å². The molecule has 1 aromatic carbocycles. The van der Waals surface area contributed by atoms with E-state index in [0.29, 0.717) is 0 Å². The lowest BCUT2D eigenvalue weighted by atomic mass is 10.1. The van der Waals surface area contributed by atoms with Crippen LogP contribution in [0.25, 0.3) is 0 Å². The van der Waals surface area contributed by atoms with Crippen molar-refractivity contribution in [2.75, 3.05) is 0 Å². The van der Waals surface area contributed by atoms with Gasteiger partial charge in [0.05, 0.1) is 11.1 Å². The van der Waals surface area contributed by atoms with Gasteiger partial charge in [0.15, 0.2) is 0 Å². The molecule has 0 aliphatic heterocycles. The van der Waals surface area contributed by atoms with Crippen LogP contribution < -0.4 is 0 Å². The Kier molecular flexibility index (Phi) is 7.30. The zero-order valence-corrected chi connectivity index (χ0v) is 10.3. The van der Waals surface area contributed by atoms with Crippen molar-refractivity contribution >= 4 is 45.9 Å². The van der Waals surface area contributed by atoms with Gasteiger partial charge in [0.1, 0.15) is 0 Å². The topological polar surface area (TPSA) is 74.6 Å². The van der Waals surface area contributed by atoms with Crippen molar-refractivity contribution in [1.82, 2.24) is 0 Å². The van der Waals surface area contributed by atoms with E-state index >= 15 is 0 Å². The standard InChI is InChI=1S/C8H6O4.2BrH/c9-7(10)5-3-1-2-4-6(5)8(11)12;;/h1-4H,(H,9,10)(H,11,12);2*1H. The summed E-state index contributed by atoms with van der Waals surface area (Å²) in [5.74, 6) is -2.46. The van der Waals surface area contributed by atoms with E-state index in [4.69, 9.17) is 10.2 Å². The molecule has 0 unspecified atom stereocenters. The summed E-state index contributed by atoms with van der Waals surface area (Å²) in [5, 5.41) is 17.1. The average molecular weight is 328 g/mol. The number of carboxylic acid groups (broad SMARTS) is 2. The number of rotatable bonds is 2. The molecule has 0 heterocycles. The lowest BCUT2D eigenvalue weighted by Crippen LogP contribution is -2.06. The van der Waals surface area contributed by atoms with Crippen LogP contribution in [0, 0.1) is 0 Å². The van der Waals surface area contributed by atoms with E-state index in [1.807, 2.05) is 0 Å². The summed E-state index contributed by atoms with van der Waals surface area (Å²) < 4.78 is 0. The molecule has 4 nitrogen and oxygen atoms in total. The zero-order chi connectivity index (χ0) is 9.14. The Hall–Kier alpha value is -0.880. The van der Waals surface area contributed by atoms with Crippen molar-refractivity contribution < 1.29 is 19.8 Å². The zero-order valence-electron chi connectivity index (χ0n) is 6.84. The molecule has 0 aromatic heterocycles. The van der Waals surface area contributed by atoms with Gasteiger partial charge in [-0.3, -0.25) is 0 Å². The summed E-state index contributed by atoms with van der Waals surface area (Å²) in [6, 6.07) is 5.48. The third-order valence-electron chi connectivity index (χ3n) is 1.39. The average Bonchev–Trinajstić information content (AvgIpc) is 2.04. The first-order valence-corrected chi connectivity index (χ1v) is 3.18. The Labute approximate surface area is 101 Å². The van der Waals surface area contributed by atoms with E-state index in [-0.39, 0.29) is 45.1 Å². The van der Waals surface area contributed by atoms with Crippen molar-refractivity contribution in [3.05, 3.63) is 35.4 Å². The lowest BCUT2D eigenvalue weighted by Gasteiger charge is -1.98. The molecular weight excluding hydrogens is 320 g/mol. The van der Waals surface area contributed by atoms with Crippen LogP contribution in [0.2, 0.25) is 0 Å². The fraction of sp³-hybridized carbons (Fsp3) is 0. The third kappa shape index (κ3) is 3.47. The minimum absolute atomic E-state index is 0. The Morgan fingerprint density at radius 3 is 1.36 bits per heavy atom. The van der Waals surface area contributed by atoms with Crippen LogP contribution in [-0.4, -0.2) is 22.2 Å². The second-order valence-electron chi connectivity index (χ2n) is 2.16. The van der Waals surface area contributed by atoms with Gasteiger partial charge in [0, 0.05) is 0 Å². The van der Waals surface area contributed by atoms with Crippen LogP contribution in [0.5, 0.6) is 0 Å². The van der Waals surface area contributed by atoms with Crippen LogP contribution in [0.3, 0.4) is 0 Å². The minimum Gasteiger partial charge on any atom is -0.478 e. The van der Waals surface area contributed by atoms with Crippen molar-refractivity contribution in [1.29, 1.82) is 0 Å². The van der Waals surface area contributed by atoms with E-state index in [0.717, 1.165) is 0 Å². The number of benzene rings is 1. The molecule has 14 heavy (non-hydrogen) atoms. The molecular formula is C8H8Br2O4. The fourth-order valence-corrected chi connectivity index (χ4v) is 0.856. The molecule has 0 radical (unpaired) electrons. The highest BCUT2D eigenvalue weighted by Crippen LogP contribution is 2.07. The van der Waals surface area contributed by atoms with Crippen LogP contribution in [0.15, 0.2) is 24.3 Å². The normalized spacial score (nSPS) is 8.00. The second-order valence-corrected chi connectivity index (χ2v) is 2.16. The molecule has 0 amide bonds. The van der Waals surface area contributed by atoms with Gasteiger partial charge in [0.2, 0.25) is 0 Å². The summed E-state index contributed by atoms with van der Waals surface area (Å²) in [5.41, 5.74) is -0.380. The van der Waals surface area contributed by atoms with Crippen molar-refractivity contribution in [3.63, 3.8) is 0 Å². The predicted octanol–water partition coefficient (Wildman–Crippen LogP) is 2.24. The molecule has 6 heteroatoms. The highest BCUT2D eigenvalue weighted by Gasteiger charge is 2.13. The van der Waals surface area contributed by atoms with Crippen molar-refractivity contribution in [3.8, 4) is 0 Å². The van der Waals surface area contributed by atoms with Gasteiger partial charge in [-0.15, -0.1) is 34.0 Å². The fourth-order valence-electron chi connectivity index (χ4n) is 0.856. The molecule has 0 spiro atoms. The third-order valence-corrected chi connectivity index (χ3v) is 1.39. The molecule has 0 aliphatic carbocycles. The summed E-state index contributed by atoms with van der Waals surface area (Å²) >= 11 is 0. The van der Waals surface area contributed by atoms with Gasteiger partial charge in [-0.25, -0.2) is 9.59 Å². The molecule has 0 saturated carbocycles. The molecule has 0 aliphatic rings. The first-order chi connectivity index (χ1) is 5.63. The maximum atomic E-state index is 10.5. The van der Waals surface area contributed by atoms with Gasteiger partial charge in [-0.1, -0.05) is 12.1 Å². The van der Waals surface area contributed by atoms with Gasteiger partial charge in [-0.05, 0) is 12.1 Å². The van der Waals surface area contributed by atoms with Crippen molar-refractivity contribution in [2.24, 2.45) is 0 Å². The van der Waals surface area contributed by atoms with Crippen molar-refractivity contribution in [2.45, 2.75) is 0 Å². The Bertz CT molecular complexity index is 305. The Morgan fingerprint density at radius 2 is 1.14 bits per heavy atom.